The molecule has 88 valence electrons. The van der Waals surface area contributed by atoms with Crippen LogP contribution in [0.15, 0.2) is 22.0 Å². The molecular formula is C10H11N5O2. The lowest BCUT2D eigenvalue weighted by molar-refractivity contribution is 0.623. The lowest BCUT2D eigenvalue weighted by Gasteiger charge is -2.00. The molecule has 3 rings (SSSR count). The van der Waals surface area contributed by atoms with Crippen LogP contribution in [0, 0.1) is 0 Å². The van der Waals surface area contributed by atoms with Crippen LogP contribution in [-0.2, 0) is 6.54 Å². The van der Waals surface area contributed by atoms with Gasteiger partial charge in [-0.25, -0.2) is 14.3 Å². The first kappa shape index (κ1) is 9.88. The van der Waals surface area contributed by atoms with Gasteiger partial charge < -0.3 is 0 Å². The molecular weight excluding hydrogens is 222 g/mol. The van der Waals surface area contributed by atoms with E-state index in [9.17, 15) is 9.59 Å². The Bertz CT molecular complexity index is 803. The Morgan fingerprint density at radius 3 is 3.00 bits per heavy atom. The van der Waals surface area contributed by atoms with Gasteiger partial charge in [0.15, 0.2) is 5.65 Å². The van der Waals surface area contributed by atoms with Crippen LogP contribution in [-0.4, -0.2) is 24.1 Å². The molecule has 0 bridgehead atoms. The zero-order valence-electron chi connectivity index (χ0n) is 9.23. The molecule has 0 amide bonds. The van der Waals surface area contributed by atoms with Crippen LogP contribution < -0.4 is 11.2 Å². The van der Waals surface area contributed by atoms with Crippen molar-refractivity contribution in [2.24, 2.45) is 0 Å². The topological polar surface area (TPSA) is 87.9 Å². The molecule has 0 aromatic carbocycles. The molecule has 7 nitrogen and oxygen atoms in total. The number of hydrogen-bond acceptors (Lipinski definition) is 3. The standard InChI is InChI=1S/C10H11N5O2/c1-2-4-14-9(16)6-7(12-10(14)17)13-15-5-3-11-8(6)15/h3,5,13H,2,4H2,1H3,(H,12,17). The Balaban J connectivity index is 2.52. The summed E-state index contributed by atoms with van der Waals surface area (Å²) in [6.45, 7) is 2.32. The van der Waals surface area contributed by atoms with Crippen molar-refractivity contribution in [3.63, 3.8) is 0 Å². The van der Waals surface area contributed by atoms with Gasteiger partial charge in [-0.05, 0) is 6.42 Å². The van der Waals surface area contributed by atoms with E-state index < -0.39 is 5.69 Å². The normalized spacial score (nSPS) is 11.6. The minimum atomic E-state index is -0.395. The van der Waals surface area contributed by atoms with Crippen LogP contribution >= 0.6 is 0 Å². The van der Waals surface area contributed by atoms with E-state index in [1.165, 1.54) is 4.57 Å². The van der Waals surface area contributed by atoms with E-state index in [0.717, 1.165) is 6.42 Å². The summed E-state index contributed by atoms with van der Waals surface area (Å²) in [4.78, 5) is 30.6. The molecule has 0 aliphatic heterocycles. The van der Waals surface area contributed by atoms with E-state index in [-0.39, 0.29) is 5.56 Å². The lowest BCUT2D eigenvalue weighted by atomic mass is 10.4. The smallest absolute Gasteiger partial charge is 0.291 e. The highest BCUT2D eigenvalue weighted by Crippen LogP contribution is 2.09. The molecule has 0 saturated heterocycles. The monoisotopic (exact) mass is 233 g/mol. The summed E-state index contributed by atoms with van der Waals surface area (Å²) in [5.41, 5.74) is 0.249. The number of imidazole rings is 1. The van der Waals surface area contributed by atoms with Crippen LogP contribution in [0.3, 0.4) is 0 Å². The van der Waals surface area contributed by atoms with E-state index in [1.54, 1.807) is 16.9 Å². The van der Waals surface area contributed by atoms with Gasteiger partial charge in [0.25, 0.3) is 5.56 Å². The maximum absolute atomic E-state index is 12.2. The van der Waals surface area contributed by atoms with Crippen LogP contribution in [0.1, 0.15) is 13.3 Å². The molecule has 3 aromatic rings. The fourth-order valence-corrected chi connectivity index (χ4v) is 1.99. The Morgan fingerprint density at radius 2 is 2.24 bits per heavy atom. The molecule has 3 heterocycles. The predicted molar refractivity (Wildman–Crippen MR) is 62.2 cm³/mol. The van der Waals surface area contributed by atoms with Crippen molar-refractivity contribution in [2.75, 3.05) is 0 Å². The highest BCUT2D eigenvalue weighted by molar-refractivity contribution is 5.88. The van der Waals surface area contributed by atoms with E-state index >= 15 is 0 Å². The minimum Gasteiger partial charge on any atom is -0.291 e. The molecule has 0 fully saturated rings. The molecule has 0 saturated carbocycles. The van der Waals surface area contributed by atoms with Crippen molar-refractivity contribution >= 4 is 16.7 Å². The van der Waals surface area contributed by atoms with Gasteiger partial charge in [-0.1, -0.05) is 6.92 Å². The highest BCUT2D eigenvalue weighted by Gasteiger charge is 2.13. The summed E-state index contributed by atoms with van der Waals surface area (Å²) in [5.74, 6) is 0. The van der Waals surface area contributed by atoms with Crippen LogP contribution in [0.5, 0.6) is 0 Å². The van der Waals surface area contributed by atoms with E-state index in [2.05, 4.69) is 15.1 Å². The summed E-state index contributed by atoms with van der Waals surface area (Å²) < 4.78 is 2.81. The number of rotatable bonds is 2. The van der Waals surface area contributed by atoms with Gasteiger partial charge in [0, 0.05) is 18.9 Å². The summed E-state index contributed by atoms with van der Waals surface area (Å²) in [5, 5.41) is 3.31. The van der Waals surface area contributed by atoms with Crippen molar-refractivity contribution < 1.29 is 0 Å². The van der Waals surface area contributed by atoms with E-state index in [0.29, 0.717) is 23.2 Å². The molecule has 3 aromatic heterocycles. The van der Waals surface area contributed by atoms with Crippen molar-refractivity contribution in [2.45, 2.75) is 19.9 Å². The molecule has 0 atom stereocenters. The third kappa shape index (κ3) is 1.25. The predicted octanol–water partition coefficient (Wildman–Crippen LogP) is 0.0756. The largest absolute Gasteiger partial charge is 0.329 e. The second kappa shape index (κ2) is 3.34. The summed E-state index contributed by atoms with van der Waals surface area (Å²) in [6.07, 6.45) is 4.01. The first-order chi connectivity index (χ1) is 8.22. The average molecular weight is 233 g/mol. The Hall–Kier alpha value is -2.31. The third-order valence-corrected chi connectivity index (χ3v) is 2.73. The Morgan fingerprint density at radius 1 is 1.41 bits per heavy atom. The molecule has 0 aliphatic rings. The van der Waals surface area contributed by atoms with E-state index in [1.807, 2.05) is 6.92 Å². The minimum absolute atomic E-state index is 0.303. The molecule has 0 unspecified atom stereocenters. The molecule has 7 heteroatoms. The van der Waals surface area contributed by atoms with Crippen molar-refractivity contribution in [3.8, 4) is 0 Å². The SMILES string of the molecule is CCCn1c(=O)[nH]c2[nH]n3ccnc3c2c1=O. The Kier molecular flexibility index (Phi) is 1.94. The number of nitrogens with zero attached hydrogens (tertiary/aromatic N) is 3. The maximum atomic E-state index is 12.2. The van der Waals surface area contributed by atoms with Gasteiger partial charge in [-0.15, -0.1) is 0 Å². The first-order valence-corrected chi connectivity index (χ1v) is 5.40. The lowest BCUT2D eigenvalue weighted by Crippen LogP contribution is -2.34. The number of aromatic nitrogens is 5. The third-order valence-electron chi connectivity index (χ3n) is 2.73. The molecule has 2 N–H and O–H groups in total. The van der Waals surface area contributed by atoms with Crippen molar-refractivity contribution in [1.82, 2.24) is 24.1 Å². The number of fused-ring (bicyclic) bond motifs is 3. The van der Waals surface area contributed by atoms with Crippen LogP contribution in [0.25, 0.3) is 16.7 Å². The van der Waals surface area contributed by atoms with Gasteiger partial charge in [0.2, 0.25) is 0 Å². The molecule has 0 aliphatic carbocycles. The fourth-order valence-electron chi connectivity index (χ4n) is 1.99. The first-order valence-electron chi connectivity index (χ1n) is 5.40. The summed E-state index contributed by atoms with van der Waals surface area (Å²) >= 11 is 0. The number of H-pyrrole nitrogens is 2. The van der Waals surface area contributed by atoms with E-state index in [4.69, 9.17) is 0 Å². The molecule has 17 heavy (non-hydrogen) atoms. The quantitative estimate of drug-likeness (QED) is 0.656. The van der Waals surface area contributed by atoms with Crippen molar-refractivity contribution in [1.29, 1.82) is 0 Å². The second-order valence-electron chi connectivity index (χ2n) is 3.87. The number of hydrogen-bond donors (Lipinski definition) is 2. The fraction of sp³-hybridized carbons (Fsp3) is 0.300. The van der Waals surface area contributed by atoms with Crippen LogP contribution in [0.4, 0.5) is 0 Å². The number of nitrogens with one attached hydrogen (secondary N) is 2. The van der Waals surface area contributed by atoms with Gasteiger partial charge in [-0.3, -0.25) is 19.4 Å². The average Bonchev–Trinajstić information content (AvgIpc) is 2.83. The Labute approximate surface area is 94.7 Å². The molecule has 0 spiro atoms. The zero-order chi connectivity index (χ0) is 12.0. The summed E-state index contributed by atoms with van der Waals surface area (Å²) in [6, 6.07) is 0. The zero-order valence-corrected chi connectivity index (χ0v) is 9.23. The van der Waals surface area contributed by atoms with Gasteiger partial charge >= 0.3 is 5.69 Å². The molecule has 0 radical (unpaired) electrons. The van der Waals surface area contributed by atoms with Gasteiger partial charge in [-0.2, -0.15) is 0 Å². The highest BCUT2D eigenvalue weighted by atomic mass is 16.2. The van der Waals surface area contributed by atoms with Crippen molar-refractivity contribution in [3.05, 3.63) is 33.2 Å². The summed E-state index contributed by atoms with van der Waals surface area (Å²) in [7, 11) is 0. The van der Waals surface area contributed by atoms with Crippen LogP contribution in [0.2, 0.25) is 0 Å². The van der Waals surface area contributed by atoms with Gasteiger partial charge in [0.05, 0.1) is 0 Å². The second-order valence-corrected chi connectivity index (χ2v) is 3.87. The number of aromatic amines is 2. The van der Waals surface area contributed by atoms with Gasteiger partial charge in [0.1, 0.15) is 11.0 Å². The maximum Gasteiger partial charge on any atom is 0.329 e.